The molecule has 2 heterocycles. The zero-order valence-electron chi connectivity index (χ0n) is 11.4. The molecule has 0 amide bonds. The minimum Gasteiger partial charge on any atom is -0.312 e. The van der Waals surface area contributed by atoms with E-state index in [9.17, 15) is 0 Å². The normalized spacial score (nSPS) is 13.2. The Labute approximate surface area is 119 Å². The first-order valence-corrected chi connectivity index (χ1v) is 7.00. The molecule has 0 aliphatic carbocycles. The van der Waals surface area contributed by atoms with Crippen LogP contribution >= 0.6 is 0 Å². The van der Waals surface area contributed by atoms with E-state index in [0.29, 0.717) is 0 Å². The summed E-state index contributed by atoms with van der Waals surface area (Å²) in [5.41, 5.74) is 2.98. The van der Waals surface area contributed by atoms with Crippen LogP contribution in [0.5, 0.6) is 0 Å². The lowest BCUT2D eigenvalue weighted by Crippen LogP contribution is -2.23. The number of hydrogen-bond acceptors (Lipinski definition) is 2. The summed E-state index contributed by atoms with van der Waals surface area (Å²) < 4.78 is 0. The number of nitrogens with zero attached hydrogens (tertiary/aromatic N) is 1. The molecule has 0 unspecified atom stereocenters. The van der Waals surface area contributed by atoms with Crippen molar-refractivity contribution in [3.63, 3.8) is 0 Å². The topological polar surface area (TPSA) is 24.9 Å². The van der Waals surface area contributed by atoms with Gasteiger partial charge in [0.2, 0.25) is 0 Å². The zero-order valence-corrected chi connectivity index (χ0v) is 11.4. The summed E-state index contributed by atoms with van der Waals surface area (Å²) in [7, 11) is 0. The highest BCUT2D eigenvalue weighted by Crippen LogP contribution is 2.11. The number of pyridine rings is 1. The molecular formula is C18H18N2. The monoisotopic (exact) mass is 262 g/mol. The highest BCUT2D eigenvalue weighted by molar-refractivity contribution is 5.80. The predicted octanol–water partition coefficient (Wildman–Crippen LogP) is 3.57. The summed E-state index contributed by atoms with van der Waals surface area (Å²) in [6, 6.07) is 18.8. The lowest BCUT2D eigenvalue weighted by Gasteiger charge is -2.15. The molecule has 1 aromatic heterocycles. The Morgan fingerprint density at radius 3 is 2.35 bits per heavy atom. The van der Waals surface area contributed by atoms with Crippen molar-refractivity contribution in [2.75, 3.05) is 6.54 Å². The molecule has 0 saturated heterocycles. The molecule has 0 fully saturated rings. The maximum absolute atomic E-state index is 4.01. The van der Waals surface area contributed by atoms with E-state index in [4.69, 9.17) is 0 Å². The third-order valence-corrected chi connectivity index (χ3v) is 3.55. The SMILES string of the molecule is c1ccc2c(c1)CCNC2.c1ccc2cnccc2c1. The molecular weight excluding hydrogens is 244 g/mol. The van der Waals surface area contributed by atoms with Crippen molar-refractivity contribution in [2.24, 2.45) is 0 Å². The van der Waals surface area contributed by atoms with Gasteiger partial charge in [-0.05, 0) is 40.9 Å². The van der Waals surface area contributed by atoms with Crippen LogP contribution in [0.4, 0.5) is 0 Å². The lowest BCUT2D eigenvalue weighted by atomic mass is 10.0. The maximum Gasteiger partial charge on any atom is 0.0346 e. The molecule has 0 radical (unpaired) electrons. The number of rotatable bonds is 0. The number of benzene rings is 2. The van der Waals surface area contributed by atoms with Crippen molar-refractivity contribution < 1.29 is 0 Å². The first-order chi connectivity index (χ1) is 9.93. The molecule has 2 aromatic carbocycles. The van der Waals surface area contributed by atoms with Gasteiger partial charge in [-0.1, -0.05) is 48.5 Å². The molecule has 2 heteroatoms. The van der Waals surface area contributed by atoms with E-state index in [1.54, 1.807) is 0 Å². The summed E-state index contributed by atoms with van der Waals surface area (Å²) >= 11 is 0. The van der Waals surface area contributed by atoms with Crippen LogP contribution in [-0.4, -0.2) is 11.5 Å². The Balaban J connectivity index is 0.000000121. The Morgan fingerprint density at radius 2 is 1.55 bits per heavy atom. The van der Waals surface area contributed by atoms with E-state index in [0.717, 1.165) is 13.1 Å². The molecule has 1 aliphatic rings. The van der Waals surface area contributed by atoms with Gasteiger partial charge in [0.05, 0.1) is 0 Å². The maximum atomic E-state index is 4.01. The average molecular weight is 262 g/mol. The molecule has 4 rings (SSSR count). The Hall–Kier alpha value is -2.19. The van der Waals surface area contributed by atoms with Crippen LogP contribution in [0.15, 0.2) is 67.0 Å². The van der Waals surface area contributed by atoms with Gasteiger partial charge < -0.3 is 5.32 Å². The fourth-order valence-corrected chi connectivity index (χ4v) is 2.45. The van der Waals surface area contributed by atoms with Crippen molar-refractivity contribution in [1.29, 1.82) is 0 Å². The van der Waals surface area contributed by atoms with Gasteiger partial charge in [-0.3, -0.25) is 4.98 Å². The van der Waals surface area contributed by atoms with Crippen LogP contribution in [0, 0.1) is 0 Å². The van der Waals surface area contributed by atoms with Crippen molar-refractivity contribution in [1.82, 2.24) is 10.3 Å². The average Bonchev–Trinajstić information content (AvgIpc) is 2.56. The van der Waals surface area contributed by atoms with E-state index in [1.165, 1.54) is 28.3 Å². The van der Waals surface area contributed by atoms with E-state index in [1.807, 2.05) is 30.6 Å². The molecule has 100 valence electrons. The summed E-state index contributed by atoms with van der Waals surface area (Å²) in [4.78, 5) is 4.01. The van der Waals surface area contributed by atoms with Gasteiger partial charge in [0.25, 0.3) is 0 Å². The molecule has 0 spiro atoms. The second-order valence-electron chi connectivity index (χ2n) is 4.92. The van der Waals surface area contributed by atoms with Gasteiger partial charge in [0, 0.05) is 18.9 Å². The number of nitrogens with one attached hydrogen (secondary N) is 1. The quantitative estimate of drug-likeness (QED) is 0.670. The second kappa shape index (κ2) is 6.31. The van der Waals surface area contributed by atoms with Gasteiger partial charge in [0.1, 0.15) is 0 Å². The predicted molar refractivity (Wildman–Crippen MR) is 83.6 cm³/mol. The number of aromatic nitrogens is 1. The first kappa shape index (κ1) is 12.8. The molecule has 0 saturated carbocycles. The summed E-state index contributed by atoms with van der Waals surface area (Å²) in [5, 5.41) is 5.79. The van der Waals surface area contributed by atoms with Gasteiger partial charge in [-0.15, -0.1) is 0 Å². The lowest BCUT2D eigenvalue weighted by molar-refractivity contribution is 0.644. The van der Waals surface area contributed by atoms with Crippen LogP contribution in [0.3, 0.4) is 0 Å². The van der Waals surface area contributed by atoms with Gasteiger partial charge in [-0.2, -0.15) is 0 Å². The standard InChI is InChI=1S/C9H11N.C9H7N/c2*1-2-4-9-7-10-6-5-8(9)3-1/h1-4,10H,5-7H2;1-7H. The number of fused-ring (bicyclic) bond motifs is 2. The molecule has 1 N–H and O–H groups in total. The van der Waals surface area contributed by atoms with Crippen LogP contribution in [-0.2, 0) is 13.0 Å². The zero-order chi connectivity index (χ0) is 13.6. The van der Waals surface area contributed by atoms with Crippen LogP contribution in [0.2, 0.25) is 0 Å². The molecule has 0 atom stereocenters. The summed E-state index contributed by atoms with van der Waals surface area (Å²) in [6.07, 6.45) is 4.87. The third kappa shape index (κ3) is 3.03. The summed E-state index contributed by atoms with van der Waals surface area (Å²) in [5.74, 6) is 0. The number of hydrogen-bond donors (Lipinski definition) is 1. The van der Waals surface area contributed by atoms with Crippen molar-refractivity contribution in [3.05, 3.63) is 78.1 Å². The third-order valence-electron chi connectivity index (χ3n) is 3.55. The van der Waals surface area contributed by atoms with Crippen molar-refractivity contribution >= 4 is 10.8 Å². The minimum atomic E-state index is 1.05. The van der Waals surface area contributed by atoms with Crippen LogP contribution in [0.25, 0.3) is 10.8 Å². The Morgan fingerprint density at radius 1 is 0.800 bits per heavy atom. The van der Waals surface area contributed by atoms with Crippen molar-refractivity contribution in [3.8, 4) is 0 Å². The molecule has 2 nitrogen and oxygen atoms in total. The van der Waals surface area contributed by atoms with Crippen LogP contribution in [0.1, 0.15) is 11.1 Å². The highest BCUT2D eigenvalue weighted by atomic mass is 14.9. The highest BCUT2D eigenvalue weighted by Gasteiger charge is 2.05. The van der Waals surface area contributed by atoms with E-state index in [2.05, 4.69) is 46.7 Å². The van der Waals surface area contributed by atoms with E-state index >= 15 is 0 Å². The molecule has 1 aliphatic heterocycles. The molecule has 20 heavy (non-hydrogen) atoms. The largest absolute Gasteiger partial charge is 0.312 e. The minimum absolute atomic E-state index is 1.05. The Bertz CT molecular complexity index is 601. The molecule has 3 aromatic rings. The second-order valence-corrected chi connectivity index (χ2v) is 4.92. The Kier molecular flexibility index (Phi) is 4.04. The van der Waals surface area contributed by atoms with Gasteiger partial charge in [-0.25, -0.2) is 0 Å². The summed E-state index contributed by atoms with van der Waals surface area (Å²) in [6.45, 7) is 2.19. The van der Waals surface area contributed by atoms with E-state index in [-0.39, 0.29) is 0 Å². The smallest absolute Gasteiger partial charge is 0.0346 e. The fourth-order valence-electron chi connectivity index (χ4n) is 2.45. The van der Waals surface area contributed by atoms with Gasteiger partial charge >= 0.3 is 0 Å². The van der Waals surface area contributed by atoms with Crippen LogP contribution < -0.4 is 5.32 Å². The first-order valence-electron chi connectivity index (χ1n) is 7.00. The van der Waals surface area contributed by atoms with E-state index < -0.39 is 0 Å². The fraction of sp³-hybridized carbons (Fsp3) is 0.167. The van der Waals surface area contributed by atoms with Gasteiger partial charge in [0.15, 0.2) is 0 Å². The van der Waals surface area contributed by atoms with Crippen molar-refractivity contribution in [2.45, 2.75) is 13.0 Å². The molecule has 0 bridgehead atoms.